The second-order valence-corrected chi connectivity index (χ2v) is 6.66. The second-order valence-electron chi connectivity index (χ2n) is 6.66. The Hall–Kier alpha value is -1.62. The van der Waals surface area contributed by atoms with E-state index in [4.69, 9.17) is 14.2 Å². The summed E-state index contributed by atoms with van der Waals surface area (Å²) in [4.78, 5) is 22.5. The molecule has 0 aromatic carbocycles. The molecular weight excluding hydrogens is 320 g/mol. The van der Waals surface area contributed by atoms with Crippen LogP contribution in [0.1, 0.15) is 66.2 Å². The minimum absolute atomic E-state index is 0.249. The molecule has 5 nitrogen and oxygen atoms in total. The van der Waals surface area contributed by atoms with Gasteiger partial charge in [0.2, 0.25) is 0 Å². The van der Waals surface area contributed by atoms with Crippen LogP contribution in [0, 0.1) is 0 Å². The van der Waals surface area contributed by atoms with Crippen LogP contribution in [0.5, 0.6) is 0 Å². The van der Waals surface area contributed by atoms with Gasteiger partial charge in [0.15, 0.2) is 0 Å². The normalized spacial score (nSPS) is 15.5. The van der Waals surface area contributed by atoms with Crippen LogP contribution in [-0.4, -0.2) is 36.4 Å². The number of ether oxygens (including phenoxy) is 3. The fourth-order valence-corrected chi connectivity index (χ4v) is 2.38. The lowest BCUT2D eigenvalue weighted by Crippen LogP contribution is -2.32. The summed E-state index contributed by atoms with van der Waals surface area (Å²) in [6.07, 6.45) is 7.07. The van der Waals surface area contributed by atoms with Gasteiger partial charge in [-0.05, 0) is 52.4 Å². The van der Waals surface area contributed by atoms with Crippen LogP contribution in [0.25, 0.3) is 0 Å². The zero-order chi connectivity index (χ0) is 19.3. The van der Waals surface area contributed by atoms with Crippen molar-refractivity contribution in [3.8, 4) is 0 Å². The van der Waals surface area contributed by atoms with Crippen molar-refractivity contribution < 1.29 is 23.8 Å². The molecule has 0 rings (SSSR count). The van der Waals surface area contributed by atoms with Crippen molar-refractivity contribution in [3.63, 3.8) is 0 Å². The molecule has 0 fully saturated rings. The molecule has 0 aliphatic heterocycles. The quantitative estimate of drug-likeness (QED) is 0.263. The van der Waals surface area contributed by atoms with E-state index in [1.165, 1.54) is 12.2 Å². The van der Waals surface area contributed by atoms with Crippen molar-refractivity contribution in [3.05, 3.63) is 25.3 Å². The molecule has 0 amide bonds. The van der Waals surface area contributed by atoms with Crippen LogP contribution < -0.4 is 0 Å². The summed E-state index contributed by atoms with van der Waals surface area (Å²) in [5.74, 6) is -0.787. The fraction of sp³-hybridized carbons (Fsp3) is 0.700. The van der Waals surface area contributed by atoms with Gasteiger partial charge in [-0.2, -0.15) is 0 Å². The highest BCUT2D eigenvalue weighted by Gasteiger charge is 2.27. The number of carbonyl (C=O) groups is 2. The summed E-state index contributed by atoms with van der Waals surface area (Å²) in [5.41, 5.74) is -0.739. The van der Waals surface area contributed by atoms with E-state index >= 15 is 0 Å². The summed E-state index contributed by atoms with van der Waals surface area (Å²) in [5, 5.41) is 0. The molecule has 2 unspecified atom stereocenters. The average molecular weight is 354 g/mol. The van der Waals surface area contributed by atoms with Crippen molar-refractivity contribution in [1.82, 2.24) is 0 Å². The molecule has 0 bridgehead atoms. The van der Waals surface area contributed by atoms with Crippen LogP contribution in [0.4, 0.5) is 0 Å². The van der Waals surface area contributed by atoms with Crippen LogP contribution in [-0.2, 0) is 23.8 Å². The molecule has 0 saturated heterocycles. The molecule has 0 aromatic heterocycles. The van der Waals surface area contributed by atoms with Crippen LogP contribution >= 0.6 is 0 Å². The summed E-state index contributed by atoms with van der Waals surface area (Å²) >= 11 is 0. The molecule has 0 radical (unpaired) electrons. The molecule has 5 heteroatoms. The molecular formula is C20H34O5. The molecule has 0 heterocycles. The second kappa shape index (κ2) is 11.9. The largest absolute Gasteiger partial charge is 0.463 e. The van der Waals surface area contributed by atoms with E-state index in [9.17, 15) is 9.59 Å². The van der Waals surface area contributed by atoms with Gasteiger partial charge in [0, 0.05) is 18.8 Å². The maximum atomic E-state index is 11.4. The zero-order valence-electron chi connectivity index (χ0n) is 16.3. The van der Waals surface area contributed by atoms with Gasteiger partial charge in [-0.3, -0.25) is 0 Å². The van der Waals surface area contributed by atoms with E-state index in [-0.39, 0.29) is 5.60 Å². The third-order valence-corrected chi connectivity index (χ3v) is 4.57. The molecule has 25 heavy (non-hydrogen) atoms. The average Bonchev–Trinajstić information content (AvgIpc) is 2.62. The highest BCUT2D eigenvalue weighted by atomic mass is 16.6. The van der Waals surface area contributed by atoms with Gasteiger partial charge in [-0.25, -0.2) is 9.59 Å². The summed E-state index contributed by atoms with van der Waals surface area (Å²) < 4.78 is 16.5. The molecule has 144 valence electrons. The minimum Gasteiger partial charge on any atom is -0.463 e. The Morgan fingerprint density at radius 2 is 1.40 bits per heavy atom. The van der Waals surface area contributed by atoms with E-state index in [2.05, 4.69) is 27.0 Å². The first kappa shape index (κ1) is 23.4. The molecule has 0 aliphatic rings. The van der Waals surface area contributed by atoms with Crippen molar-refractivity contribution in [2.75, 3.05) is 13.2 Å². The molecule has 0 aromatic rings. The predicted octanol–water partition coefficient (Wildman–Crippen LogP) is 4.36. The Bertz CT molecular complexity index is 445. The summed E-state index contributed by atoms with van der Waals surface area (Å²) in [6, 6.07) is 0. The molecule has 0 N–H and O–H groups in total. The standard InChI is InChI=1S/C20H34O5/c1-7-17(21)23-15-11-13-19(5,9-3)24-16-12-14-20(6,10-4)25-18(22)8-2/h7-8H,1-2,9-16H2,3-6H3. The SMILES string of the molecule is C=CC(=O)OCCCC(C)(CC)OCCCC(C)(CC)OC(=O)C=C. The van der Waals surface area contributed by atoms with Gasteiger partial charge in [-0.15, -0.1) is 0 Å². The number of esters is 2. The summed E-state index contributed by atoms with van der Waals surface area (Å²) in [6.45, 7) is 15.8. The minimum atomic E-state index is -0.490. The van der Waals surface area contributed by atoms with E-state index < -0.39 is 17.5 Å². The van der Waals surface area contributed by atoms with Gasteiger partial charge in [0.25, 0.3) is 0 Å². The van der Waals surface area contributed by atoms with E-state index in [0.29, 0.717) is 13.2 Å². The van der Waals surface area contributed by atoms with Gasteiger partial charge in [0.05, 0.1) is 12.2 Å². The highest BCUT2D eigenvalue weighted by molar-refractivity contribution is 5.81. The molecule has 0 aliphatic carbocycles. The smallest absolute Gasteiger partial charge is 0.330 e. The summed E-state index contributed by atoms with van der Waals surface area (Å²) in [7, 11) is 0. The number of hydrogen-bond acceptors (Lipinski definition) is 5. The third kappa shape index (κ3) is 10.1. The Morgan fingerprint density at radius 1 is 0.880 bits per heavy atom. The van der Waals surface area contributed by atoms with Crippen LogP contribution in [0.2, 0.25) is 0 Å². The molecule has 0 spiro atoms. The van der Waals surface area contributed by atoms with Gasteiger partial charge >= 0.3 is 11.9 Å². The van der Waals surface area contributed by atoms with Gasteiger partial charge in [-0.1, -0.05) is 27.0 Å². The monoisotopic (exact) mass is 354 g/mol. The first-order chi connectivity index (χ1) is 11.7. The van der Waals surface area contributed by atoms with E-state index in [1.807, 2.05) is 13.8 Å². The highest BCUT2D eigenvalue weighted by Crippen LogP contribution is 2.25. The van der Waals surface area contributed by atoms with Crippen molar-refractivity contribution in [2.24, 2.45) is 0 Å². The Balaban J connectivity index is 4.23. The number of rotatable bonds is 14. The zero-order valence-corrected chi connectivity index (χ0v) is 16.3. The Labute approximate surface area is 152 Å². The lowest BCUT2D eigenvalue weighted by atomic mass is 9.95. The maximum Gasteiger partial charge on any atom is 0.330 e. The first-order valence-corrected chi connectivity index (χ1v) is 9.02. The molecule has 2 atom stereocenters. The lowest BCUT2D eigenvalue weighted by molar-refractivity contribution is -0.153. The Morgan fingerprint density at radius 3 is 1.92 bits per heavy atom. The Kier molecular flexibility index (Phi) is 11.1. The van der Waals surface area contributed by atoms with Crippen molar-refractivity contribution >= 4 is 11.9 Å². The van der Waals surface area contributed by atoms with Crippen molar-refractivity contribution in [2.45, 2.75) is 77.4 Å². The molecule has 0 saturated carbocycles. The lowest BCUT2D eigenvalue weighted by Gasteiger charge is -2.31. The van der Waals surface area contributed by atoms with Gasteiger partial charge in [0.1, 0.15) is 5.60 Å². The van der Waals surface area contributed by atoms with Crippen LogP contribution in [0.3, 0.4) is 0 Å². The predicted molar refractivity (Wildman–Crippen MR) is 99.3 cm³/mol. The first-order valence-electron chi connectivity index (χ1n) is 9.02. The number of carbonyl (C=O) groups excluding carboxylic acids is 2. The van der Waals surface area contributed by atoms with Crippen LogP contribution in [0.15, 0.2) is 25.3 Å². The van der Waals surface area contributed by atoms with Crippen molar-refractivity contribution in [1.29, 1.82) is 0 Å². The van der Waals surface area contributed by atoms with Gasteiger partial charge < -0.3 is 14.2 Å². The van der Waals surface area contributed by atoms with E-state index in [1.54, 1.807) is 0 Å². The fourth-order valence-electron chi connectivity index (χ4n) is 2.38. The third-order valence-electron chi connectivity index (χ3n) is 4.57. The topological polar surface area (TPSA) is 61.8 Å². The van der Waals surface area contributed by atoms with E-state index in [0.717, 1.165) is 38.5 Å². The number of hydrogen-bond donors (Lipinski definition) is 0. The maximum absolute atomic E-state index is 11.4.